The van der Waals surface area contributed by atoms with Crippen LogP contribution in [0.15, 0.2) is 18.2 Å². The SMILES string of the molecule is CNC1c2cc(OC)ccc2CC1N1CCOCC1C. The highest BCUT2D eigenvalue weighted by Crippen LogP contribution is 2.37. The van der Waals surface area contributed by atoms with E-state index in [1.807, 2.05) is 0 Å². The summed E-state index contributed by atoms with van der Waals surface area (Å²) in [6.07, 6.45) is 1.11. The average molecular weight is 276 g/mol. The molecule has 1 aromatic carbocycles. The van der Waals surface area contributed by atoms with Crippen molar-refractivity contribution in [2.45, 2.75) is 31.5 Å². The molecule has 1 heterocycles. The van der Waals surface area contributed by atoms with Gasteiger partial charge in [-0.1, -0.05) is 6.07 Å². The van der Waals surface area contributed by atoms with E-state index in [9.17, 15) is 0 Å². The smallest absolute Gasteiger partial charge is 0.119 e. The van der Waals surface area contributed by atoms with Crippen LogP contribution in [0, 0.1) is 0 Å². The highest BCUT2D eigenvalue weighted by molar-refractivity contribution is 5.43. The maximum atomic E-state index is 5.57. The van der Waals surface area contributed by atoms with Crippen molar-refractivity contribution in [1.29, 1.82) is 0 Å². The molecule has 0 radical (unpaired) electrons. The predicted octanol–water partition coefficient (Wildman–Crippen LogP) is 1.60. The number of rotatable bonds is 3. The van der Waals surface area contributed by atoms with E-state index in [-0.39, 0.29) is 0 Å². The summed E-state index contributed by atoms with van der Waals surface area (Å²) in [4.78, 5) is 2.59. The Bertz CT molecular complexity index is 478. The van der Waals surface area contributed by atoms with Crippen molar-refractivity contribution in [3.05, 3.63) is 29.3 Å². The molecular formula is C16H24N2O2. The van der Waals surface area contributed by atoms with Crippen LogP contribution in [0.2, 0.25) is 0 Å². The van der Waals surface area contributed by atoms with E-state index in [0.717, 1.165) is 31.9 Å². The van der Waals surface area contributed by atoms with Gasteiger partial charge in [-0.25, -0.2) is 0 Å². The number of likely N-dealkylation sites (N-methyl/N-ethyl adjacent to an activating group) is 1. The zero-order chi connectivity index (χ0) is 14.1. The molecule has 4 heteroatoms. The van der Waals surface area contributed by atoms with Crippen molar-refractivity contribution >= 4 is 0 Å². The van der Waals surface area contributed by atoms with Gasteiger partial charge >= 0.3 is 0 Å². The van der Waals surface area contributed by atoms with E-state index in [1.54, 1.807) is 7.11 Å². The molecular weight excluding hydrogens is 252 g/mol. The lowest BCUT2D eigenvalue weighted by Gasteiger charge is -2.40. The fraction of sp³-hybridized carbons (Fsp3) is 0.625. The van der Waals surface area contributed by atoms with Crippen LogP contribution in [0.1, 0.15) is 24.1 Å². The highest BCUT2D eigenvalue weighted by Gasteiger charge is 2.38. The number of hydrogen-bond acceptors (Lipinski definition) is 4. The summed E-state index contributed by atoms with van der Waals surface area (Å²) in [5, 5.41) is 3.50. The Morgan fingerprint density at radius 2 is 2.25 bits per heavy atom. The second kappa shape index (κ2) is 5.72. The van der Waals surface area contributed by atoms with E-state index >= 15 is 0 Å². The zero-order valence-corrected chi connectivity index (χ0v) is 12.6. The lowest BCUT2D eigenvalue weighted by atomic mass is 10.0. The summed E-state index contributed by atoms with van der Waals surface area (Å²) in [5.74, 6) is 0.944. The minimum absolute atomic E-state index is 0.376. The predicted molar refractivity (Wildman–Crippen MR) is 79.3 cm³/mol. The molecule has 110 valence electrons. The Morgan fingerprint density at radius 1 is 1.40 bits per heavy atom. The maximum Gasteiger partial charge on any atom is 0.119 e. The molecule has 1 aliphatic heterocycles. The molecule has 1 N–H and O–H groups in total. The van der Waals surface area contributed by atoms with E-state index in [4.69, 9.17) is 9.47 Å². The standard InChI is InChI=1S/C16H24N2O2/c1-11-10-20-7-6-18(11)15-8-12-4-5-13(19-3)9-14(12)16(15)17-2/h4-5,9,11,15-17H,6-8,10H2,1-3H3. The van der Waals surface area contributed by atoms with E-state index in [1.165, 1.54) is 11.1 Å². The lowest BCUT2D eigenvalue weighted by molar-refractivity contribution is -0.0268. The zero-order valence-electron chi connectivity index (χ0n) is 12.6. The van der Waals surface area contributed by atoms with Gasteiger partial charge in [-0.05, 0) is 43.7 Å². The molecule has 1 fully saturated rings. The van der Waals surface area contributed by atoms with Gasteiger partial charge < -0.3 is 14.8 Å². The molecule has 3 atom stereocenters. The molecule has 1 saturated heterocycles. The molecule has 0 spiro atoms. The number of nitrogens with one attached hydrogen (secondary N) is 1. The second-order valence-electron chi connectivity index (χ2n) is 5.76. The Morgan fingerprint density at radius 3 is 2.95 bits per heavy atom. The van der Waals surface area contributed by atoms with Crippen LogP contribution in [0.5, 0.6) is 5.75 Å². The topological polar surface area (TPSA) is 33.7 Å². The molecule has 3 unspecified atom stereocenters. The normalized spacial score (nSPS) is 30.2. The molecule has 3 rings (SSSR count). The molecule has 0 amide bonds. The number of morpholine rings is 1. The maximum absolute atomic E-state index is 5.57. The Balaban J connectivity index is 1.88. The highest BCUT2D eigenvalue weighted by atomic mass is 16.5. The summed E-state index contributed by atoms with van der Waals surface area (Å²) in [5.41, 5.74) is 2.82. The number of benzene rings is 1. The van der Waals surface area contributed by atoms with E-state index < -0.39 is 0 Å². The van der Waals surface area contributed by atoms with Gasteiger partial charge in [-0.2, -0.15) is 0 Å². The summed E-state index contributed by atoms with van der Waals surface area (Å²) in [6, 6.07) is 7.84. The van der Waals surface area contributed by atoms with Gasteiger partial charge in [0.25, 0.3) is 0 Å². The molecule has 0 aromatic heterocycles. The van der Waals surface area contributed by atoms with Gasteiger partial charge in [0, 0.05) is 24.7 Å². The molecule has 4 nitrogen and oxygen atoms in total. The van der Waals surface area contributed by atoms with Gasteiger partial charge in [0.2, 0.25) is 0 Å². The molecule has 1 aliphatic carbocycles. The minimum atomic E-state index is 0.376. The summed E-state index contributed by atoms with van der Waals surface area (Å²) < 4.78 is 10.9. The Kier molecular flexibility index (Phi) is 3.96. The van der Waals surface area contributed by atoms with Gasteiger partial charge in [0.15, 0.2) is 0 Å². The molecule has 20 heavy (non-hydrogen) atoms. The Labute approximate surface area is 121 Å². The van der Waals surface area contributed by atoms with Crippen LogP contribution >= 0.6 is 0 Å². The van der Waals surface area contributed by atoms with Crippen molar-refractivity contribution in [3.8, 4) is 5.75 Å². The fourth-order valence-corrected chi connectivity index (χ4v) is 3.62. The Hall–Kier alpha value is -1.10. The third kappa shape index (κ3) is 2.32. The number of ether oxygens (including phenoxy) is 2. The van der Waals surface area contributed by atoms with Crippen molar-refractivity contribution in [3.63, 3.8) is 0 Å². The van der Waals surface area contributed by atoms with Gasteiger partial charge in [0.05, 0.1) is 20.3 Å². The van der Waals surface area contributed by atoms with Crippen LogP contribution in [-0.2, 0) is 11.2 Å². The number of methoxy groups -OCH3 is 1. The second-order valence-corrected chi connectivity index (χ2v) is 5.76. The summed E-state index contributed by atoms with van der Waals surface area (Å²) in [7, 11) is 3.78. The average Bonchev–Trinajstić information content (AvgIpc) is 2.84. The largest absolute Gasteiger partial charge is 0.497 e. The first kappa shape index (κ1) is 13.9. The first-order valence-corrected chi connectivity index (χ1v) is 7.42. The fourth-order valence-electron chi connectivity index (χ4n) is 3.62. The first-order chi connectivity index (χ1) is 9.74. The molecule has 2 aliphatic rings. The van der Waals surface area contributed by atoms with Crippen LogP contribution < -0.4 is 10.1 Å². The first-order valence-electron chi connectivity index (χ1n) is 7.42. The van der Waals surface area contributed by atoms with Crippen molar-refractivity contribution in [2.75, 3.05) is 33.9 Å². The number of hydrogen-bond donors (Lipinski definition) is 1. The monoisotopic (exact) mass is 276 g/mol. The molecule has 0 bridgehead atoms. The lowest BCUT2D eigenvalue weighted by Crippen LogP contribution is -2.52. The minimum Gasteiger partial charge on any atom is -0.497 e. The third-order valence-corrected chi connectivity index (χ3v) is 4.66. The van der Waals surface area contributed by atoms with Crippen LogP contribution in [0.4, 0.5) is 0 Å². The molecule has 1 aromatic rings. The van der Waals surface area contributed by atoms with Gasteiger partial charge in [-0.3, -0.25) is 4.90 Å². The summed E-state index contributed by atoms with van der Waals surface area (Å²) in [6.45, 7) is 4.97. The quantitative estimate of drug-likeness (QED) is 0.909. The van der Waals surface area contributed by atoms with Gasteiger partial charge in [-0.15, -0.1) is 0 Å². The molecule has 0 saturated carbocycles. The van der Waals surface area contributed by atoms with Crippen molar-refractivity contribution in [2.24, 2.45) is 0 Å². The van der Waals surface area contributed by atoms with E-state index in [0.29, 0.717) is 18.1 Å². The number of nitrogens with zero attached hydrogens (tertiary/aromatic N) is 1. The van der Waals surface area contributed by atoms with Gasteiger partial charge in [0.1, 0.15) is 5.75 Å². The third-order valence-electron chi connectivity index (χ3n) is 4.66. The van der Waals surface area contributed by atoms with Crippen molar-refractivity contribution in [1.82, 2.24) is 10.2 Å². The number of fused-ring (bicyclic) bond motifs is 1. The van der Waals surface area contributed by atoms with E-state index in [2.05, 4.69) is 42.4 Å². The summed E-state index contributed by atoms with van der Waals surface area (Å²) >= 11 is 0. The van der Waals surface area contributed by atoms with Crippen molar-refractivity contribution < 1.29 is 9.47 Å². The van der Waals surface area contributed by atoms with Crippen LogP contribution in [-0.4, -0.2) is 50.9 Å². The van der Waals surface area contributed by atoms with Crippen LogP contribution in [0.25, 0.3) is 0 Å². The van der Waals surface area contributed by atoms with Crippen LogP contribution in [0.3, 0.4) is 0 Å².